The summed E-state index contributed by atoms with van der Waals surface area (Å²) in [6.45, 7) is 3.13. The number of non-ortho nitro benzene ring substituents is 1. The summed E-state index contributed by atoms with van der Waals surface area (Å²) >= 11 is 3.11. The van der Waals surface area contributed by atoms with E-state index in [4.69, 9.17) is 5.73 Å². The van der Waals surface area contributed by atoms with E-state index in [2.05, 4.69) is 15.9 Å². The molecule has 124 valence electrons. The molecule has 1 aliphatic heterocycles. The summed E-state index contributed by atoms with van der Waals surface area (Å²) in [6, 6.07) is 3.65. The van der Waals surface area contributed by atoms with Crippen LogP contribution in [0.3, 0.4) is 0 Å². The SMILES string of the molecule is CC1(CN)CCN(S(=O)(=O)c2ccc([N+](=O)[O-])cc2Br)C1.Cl. The molecule has 1 fully saturated rings. The zero-order valence-electron chi connectivity index (χ0n) is 11.9. The Labute approximate surface area is 143 Å². The number of rotatable bonds is 4. The fourth-order valence-electron chi connectivity index (χ4n) is 2.30. The summed E-state index contributed by atoms with van der Waals surface area (Å²) in [5, 5.41) is 10.7. The van der Waals surface area contributed by atoms with Gasteiger partial charge in [0.15, 0.2) is 0 Å². The average molecular weight is 415 g/mol. The van der Waals surface area contributed by atoms with E-state index in [0.29, 0.717) is 26.1 Å². The van der Waals surface area contributed by atoms with Gasteiger partial charge in [-0.05, 0) is 40.4 Å². The summed E-state index contributed by atoms with van der Waals surface area (Å²) in [7, 11) is -3.68. The highest BCUT2D eigenvalue weighted by Crippen LogP contribution is 2.35. The van der Waals surface area contributed by atoms with Gasteiger partial charge in [-0.25, -0.2) is 8.42 Å². The lowest BCUT2D eigenvalue weighted by atomic mass is 9.90. The van der Waals surface area contributed by atoms with Crippen molar-refractivity contribution in [2.24, 2.45) is 11.1 Å². The predicted octanol–water partition coefficient (Wildman–Crippen LogP) is 2.14. The van der Waals surface area contributed by atoms with Crippen molar-refractivity contribution in [2.75, 3.05) is 19.6 Å². The first-order valence-electron chi connectivity index (χ1n) is 6.34. The van der Waals surface area contributed by atoms with Crippen LogP contribution in [0.2, 0.25) is 0 Å². The van der Waals surface area contributed by atoms with E-state index in [1.165, 1.54) is 22.5 Å². The van der Waals surface area contributed by atoms with Crippen molar-refractivity contribution in [3.8, 4) is 0 Å². The molecule has 22 heavy (non-hydrogen) atoms. The van der Waals surface area contributed by atoms with Crippen molar-refractivity contribution in [2.45, 2.75) is 18.2 Å². The Balaban J connectivity index is 0.00000242. The Kier molecular flexibility index (Phi) is 5.96. The number of nitro benzene ring substituents is 1. The van der Waals surface area contributed by atoms with Gasteiger partial charge in [0.2, 0.25) is 10.0 Å². The van der Waals surface area contributed by atoms with Gasteiger partial charge in [-0.1, -0.05) is 6.92 Å². The molecule has 0 aliphatic carbocycles. The Morgan fingerprint density at radius 3 is 2.59 bits per heavy atom. The molecule has 1 aromatic carbocycles. The molecule has 1 heterocycles. The molecule has 1 aliphatic rings. The molecule has 0 spiro atoms. The van der Waals surface area contributed by atoms with Gasteiger partial charge in [0.1, 0.15) is 0 Å². The van der Waals surface area contributed by atoms with E-state index in [0.717, 1.165) is 0 Å². The number of hydrogen-bond donors (Lipinski definition) is 1. The van der Waals surface area contributed by atoms with Gasteiger partial charge in [0.05, 0.1) is 9.82 Å². The maximum atomic E-state index is 12.6. The standard InChI is InChI=1S/C12H16BrN3O4S.ClH/c1-12(7-14)4-5-15(8-12)21(19,20)11-3-2-9(16(17)18)6-10(11)13;/h2-3,6H,4-5,7-8,14H2,1H3;1H. The van der Waals surface area contributed by atoms with Crippen LogP contribution in [-0.4, -0.2) is 37.3 Å². The van der Waals surface area contributed by atoms with E-state index in [9.17, 15) is 18.5 Å². The van der Waals surface area contributed by atoms with Crippen molar-refractivity contribution in [1.29, 1.82) is 0 Å². The average Bonchev–Trinajstić information content (AvgIpc) is 2.82. The van der Waals surface area contributed by atoms with Crippen LogP contribution in [-0.2, 0) is 10.0 Å². The van der Waals surface area contributed by atoms with Crippen LogP contribution in [0.25, 0.3) is 0 Å². The molecule has 0 radical (unpaired) electrons. The third kappa shape index (κ3) is 3.60. The molecular formula is C12H17BrClN3O4S. The second kappa shape index (κ2) is 6.79. The molecule has 2 N–H and O–H groups in total. The molecule has 1 atom stereocenters. The molecule has 1 unspecified atom stereocenters. The zero-order chi connectivity index (χ0) is 15.8. The molecule has 0 saturated carbocycles. The fraction of sp³-hybridized carbons (Fsp3) is 0.500. The van der Waals surface area contributed by atoms with Crippen LogP contribution in [0.15, 0.2) is 27.6 Å². The summed E-state index contributed by atoms with van der Waals surface area (Å²) in [5.41, 5.74) is 5.31. The first-order chi connectivity index (χ1) is 9.69. The van der Waals surface area contributed by atoms with Gasteiger partial charge in [-0.2, -0.15) is 4.31 Å². The van der Waals surface area contributed by atoms with Gasteiger partial charge in [-0.15, -0.1) is 12.4 Å². The summed E-state index contributed by atoms with van der Waals surface area (Å²) in [5.74, 6) is 0. The maximum absolute atomic E-state index is 12.6. The number of hydrogen-bond acceptors (Lipinski definition) is 5. The van der Waals surface area contributed by atoms with E-state index >= 15 is 0 Å². The highest BCUT2D eigenvalue weighted by molar-refractivity contribution is 9.10. The highest BCUT2D eigenvalue weighted by Gasteiger charge is 2.39. The third-order valence-corrected chi connectivity index (χ3v) is 6.58. The summed E-state index contributed by atoms with van der Waals surface area (Å²) < 4.78 is 26.8. The van der Waals surface area contributed by atoms with Crippen LogP contribution >= 0.6 is 28.3 Å². The second-order valence-electron chi connectivity index (χ2n) is 5.48. The number of halogens is 2. The zero-order valence-corrected chi connectivity index (χ0v) is 15.1. The predicted molar refractivity (Wildman–Crippen MR) is 88.6 cm³/mol. The molecule has 10 heteroatoms. The Morgan fingerprint density at radius 2 is 2.14 bits per heavy atom. The first-order valence-corrected chi connectivity index (χ1v) is 8.57. The molecule has 0 amide bonds. The Bertz CT molecular complexity index is 685. The quantitative estimate of drug-likeness (QED) is 0.600. The van der Waals surface area contributed by atoms with Crippen molar-refractivity contribution in [3.63, 3.8) is 0 Å². The van der Waals surface area contributed by atoms with Gasteiger partial charge < -0.3 is 5.73 Å². The topological polar surface area (TPSA) is 107 Å². The fourth-order valence-corrected chi connectivity index (χ4v) is 4.92. The molecular weight excluding hydrogens is 398 g/mol. The molecule has 0 bridgehead atoms. The second-order valence-corrected chi connectivity index (χ2v) is 8.24. The van der Waals surface area contributed by atoms with E-state index < -0.39 is 14.9 Å². The number of nitro groups is 1. The van der Waals surface area contributed by atoms with Crippen molar-refractivity contribution >= 4 is 44.0 Å². The minimum absolute atomic E-state index is 0. The molecule has 1 saturated heterocycles. The lowest BCUT2D eigenvalue weighted by Crippen LogP contribution is -2.34. The smallest absolute Gasteiger partial charge is 0.270 e. The monoisotopic (exact) mass is 413 g/mol. The van der Waals surface area contributed by atoms with Crippen LogP contribution < -0.4 is 5.73 Å². The lowest BCUT2D eigenvalue weighted by molar-refractivity contribution is -0.385. The van der Waals surface area contributed by atoms with Crippen LogP contribution in [0.4, 0.5) is 5.69 Å². The number of nitrogens with zero attached hydrogens (tertiary/aromatic N) is 2. The van der Waals surface area contributed by atoms with Crippen LogP contribution in [0, 0.1) is 15.5 Å². The molecule has 7 nitrogen and oxygen atoms in total. The minimum atomic E-state index is -3.68. The van der Waals surface area contributed by atoms with Gasteiger partial charge in [-0.3, -0.25) is 10.1 Å². The normalized spacial score (nSPS) is 22.3. The summed E-state index contributed by atoms with van der Waals surface area (Å²) in [4.78, 5) is 10.2. The molecule has 0 aromatic heterocycles. The van der Waals surface area contributed by atoms with Gasteiger partial charge >= 0.3 is 0 Å². The first kappa shape index (κ1) is 19.3. The van der Waals surface area contributed by atoms with E-state index in [1.54, 1.807) is 0 Å². The van der Waals surface area contributed by atoms with Gasteiger partial charge in [0.25, 0.3) is 5.69 Å². The molecule has 1 aromatic rings. The Hall–Kier alpha value is -0.740. The maximum Gasteiger partial charge on any atom is 0.270 e. The van der Waals surface area contributed by atoms with Crippen molar-refractivity contribution in [3.05, 3.63) is 32.8 Å². The third-order valence-electron chi connectivity index (χ3n) is 3.76. The summed E-state index contributed by atoms with van der Waals surface area (Å²) in [6.07, 6.45) is 0.702. The Morgan fingerprint density at radius 1 is 1.50 bits per heavy atom. The molecule has 2 rings (SSSR count). The van der Waals surface area contributed by atoms with Crippen LogP contribution in [0.1, 0.15) is 13.3 Å². The highest BCUT2D eigenvalue weighted by atomic mass is 79.9. The largest absolute Gasteiger partial charge is 0.330 e. The van der Waals surface area contributed by atoms with E-state index in [-0.39, 0.29) is 32.9 Å². The van der Waals surface area contributed by atoms with Crippen LogP contribution in [0.5, 0.6) is 0 Å². The number of benzene rings is 1. The number of nitrogens with two attached hydrogens (primary N) is 1. The van der Waals surface area contributed by atoms with E-state index in [1.807, 2.05) is 6.92 Å². The van der Waals surface area contributed by atoms with Crippen molar-refractivity contribution < 1.29 is 13.3 Å². The van der Waals surface area contributed by atoms with Gasteiger partial charge in [0, 0.05) is 29.7 Å². The van der Waals surface area contributed by atoms with Crippen molar-refractivity contribution in [1.82, 2.24) is 4.31 Å². The lowest BCUT2D eigenvalue weighted by Gasteiger charge is -2.22. The minimum Gasteiger partial charge on any atom is -0.330 e. The number of sulfonamides is 1.